The predicted octanol–water partition coefficient (Wildman–Crippen LogP) is 2.24. The third-order valence-corrected chi connectivity index (χ3v) is 2.84. The maximum atomic E-state index is 13.0. The smallest absolute Gasteiger partial charge is 0.311 e. The van der Waals surface area contributed by atoms with Crippen molar-refractivity contribution >= 4 is 11.7 Å². The minimum atomic E-state index is -0.505. The van der Waals surface area contributed by atoms with Gasteiger partial charge in [0.15, 0.2) is 5.69 Å². The second-order valence-electron chi connectivity index (χ2n) is 4.34. The van der Waals surface area contributed by atoms with Crippen molar-refractivity contribution in [1.29, 1.82) is 0 Å². The molecule has 0 fully saturated rings. The van der Waals surface area contributed by atoms with Crippen molar-refractivity contribution in [3.63, 3.8) is 0 Å². The monoisotopic (exact) mass is 290 g/mol. The van der Waals surface area contributed by atoms with Gasteiger partial charge in [0.1, 0.15) is 17.4 Å². The van der Waals surface area contributed by atoms with Gasteiger partial charge in [-0.05, 0) is 42.8 Å². The normalized spacial score (nSPS) is 10.2. The summed E-state index contributed by atoms with van der Waals surface area (Å²) in [7, 11) is 0. The van der Waals surface area contributed by atoms with Crippen molar-refractivity contribution in [2.45, 2.75) is 12.8 Å². The van der Waals surface area contributed by atoms with Crippen molar-refractivity contribution < 1.29 is 23.4 Å². The van der Waals surface area contributed by atoms with Gasteiger partial charge in [-0.1, -0.05) is 0 Å². The van der Waals surface area contributed by atoms with Crippen molar-refractivity contribution in [2.24, 2.45) is 0 Å². The van der Waals surface area contributed by atoms with E-state index in [-0.39, 0.29) is 24.3 Å². The number of nitrogens with one attached hydrogen (secondary N) is 1. The van der Waals surface area contributed by atoms with Crippen LogP contribution in [0.25, 0.3) is 5.53 Å². The molecule has 0 spiro atoms. The standard InChI is InChI=1S/C15H12F2N2O2/c16-11-4-6-13(7-5-11)21-15(20)8-2-10-1-3-12(17)9-14(10)19-18/h1,3-7,9,19H,2,8H2. The lowest BCUT2D eigenvalue weighted by molar-refractivity contribution is -0.380. The number of benzene rings is 2. The first kappa shape index (κ1) is 14.8. The van der Waals surface area contributed by atoms with E-state index in [0.29, 0.717) is 5.56 Å². The van der Waals surface area contributed by atoms with Crippen LogP contribution in [0.5, 0.6) is 5.75 Å². The average molecular weight is 290 g/mol. The van der Waals surface area contributed by atoms with Crippen LogP contribution in [-0.2, 0) is 11.2 Å². The maximum Gasteiger partial charge on any atom is 0.311 e. The molecule has 6 heteroatoms. The first-order chi connectivity index (χ1) is 10.1. The second kappa shape index (κ2) is 6.69. The fourth-order valence-electron chi connectivity index (χ4n) is 1.79. The van der Waals surface area contributed by atoms with Gasteiger partial charge in [-0.25, -0.2) is 8.78 Å². The van der Waals surface area contributed by atoms with Crippen LogP contribution in [0.4, 0.5) is 14.5 Å². The lowest BCUT2D eigenvalue weighted by Gasteiger charge is -2.05. The van der Waals surface area contributed by atoms with E-state index >= 15 is 0 Å². The van der Waals surface area contributed by atoms with E-state index in [4.69, 9.17) is 10.3 Å². The molecule has 2 rings (SSSR count). The van der Waals surface area contributed by atoms with Crippen LogP contribution in [0.1, 0.15) is 12.0 Å². The van der Waals surface area contributed by atoms with Crippen molar-refractivity contribution in [3.8, 4) is 5.75 Å². The first-order valence-electron chi connectivity index (χ1n) is 6.23. The quantitative estimate of drug-likeness (QED) is 0.521. The van der Waals surface area contributed by atoms with Crippen LogP contribution in [0.15, 0.2) is 42.5 Å². The van der Waals surface area contributed by atoms with Crippen LogP contribution < -0.4 is 9.85 Å². The number of hydrogen-bond donors (Lipinski definition) is 1. The van der Waals surface area contributed by atoms with E-state index in [1.807, 2.05) is 5.11 Å². The van der Waals surface area contributed by atoms with Gasteiger partial charge in [-0.3, -0.25) is 9.91 Å². The van der Waals surface area contributed by atoms with Gasteiger partial charge < -0.3 is 10.3 Å². The Morgan fingerprint density at radius 3 is 2.43 bits per heavy atom. The highest BCUT2D eigenvalue weighted by molar-refractivity contribution is 5.72. The molecule has 4 nitrogen and oxygen atoms in total. The van der Waals surface area contributed by atoms with Gasteiger partial charge in [-0.15, -0.1) is 0 Å². The number of ether oxygens (including phenoxy) is 1. The highest BCUT2D eigenvalue weighted by atomic mass is 19.1. The van der Waals surface area contributed by atoms with Gasteiger partial charge in [0.2, 0.25) is 0 Å². The largest absolute Gasteiger partial charge is 0.502 e. The number of carbonyl (C=O) groups excluding carboxylic acids is 1. The fraction of sp³-hybridized carbons (Fsp3) is 0.133. The Morgan fingerprint density at radius 2 is 1.76 bits per heavy atom. The van der Waals surface area contributed by atoms with Crippen LogP contribution in [0.3, 0.4) is 0 Å². The molecular formula is C15H12F2N2O2. The number of halogens is 2. The number of nitrogens with zero attached hydrogens (tertiary/aromatic N) is 1. The molecule has 0 aliphatic heterocycles. The molecule has 0 saturated carbocycles. The molecule has 0 amide bonds. The lowest BCUT2D eigenvalue weighted by atomic mass is 10.1. The lowest BCUT2D eigenvalue weighted by Crippen LogP contribution is -2.55. The van der Waals surface area contributed by atoms with Crippen LogP contribution in [-0.4, -0.2) is 5.97 Å². The summed E-state index contributed by atoms with van der Waals surface area (Å²) in [6.07, 6.45) is 0.306. The summed E-state index contributed by atoms with van der Waals surface area (Å²) in [6, 6.07) is 8.92. The SMILES string of the molecule is [N-]=[NH+]c1cc(F)ccc1CCC(=O)Oc1ccc(F)cc1. The van der Waals surface area contributed by atoms with Gasteiger partial charge >= 0.3 is 5.97 Å². The molecule has 0 atom stereocenters. The predicted molar refractivity (Wildman–Crippen MR) is 70.7 cm³/mol. The second-order valence-corrected chi connectivity index (χ2v) is 4.34. The molecule has 0 saturated heterocycles. The number of hydrogen-bond acceptors (Lipinski definition) is 2. The third-order valence-electron chi connectivity index (χ3n) is 2.84. The molecule has 0 unspecified atom stereocenters. The molecule has 0 aliphatic rings. The van der Waals surface area contributed by atoms with E-state index in [1.165, 1.54) is 36.4 Å². The number of esters is 1. The van der Waals surface area contributed by atoms with Crippen molar-refractivity contribution in [1.82, 2.24) is 0 Å². The van der Waals surface area contributed by atoms with Crippen LogP contribution >= 0.6 is 0 Å². The Hall–Kier alpha value is -2.63. The molecular weight excluding hydrogens is 278 g/mol. The third kappa shape index (κ3) is 4.17. The molecule has 2 aromatic carbocycles. The molecule has 108 valence electrons. The van der Waals surface area contributed by atoms with E-state index in [9.17, 15) is 13.6 Å². The zero-order valence-corrected chi connectivity index (χ0v) is 11.0. The van der Waals surface area contributed by atoms with E-state index < -0.39 is 17.6 Å². The Bertz CT molecular complexity index is 657. The minimum Gasteiger partial charge on any atom is -0.502 e. The Balaban J connectivity index is 1.95. The topological polar surface area (TPSA) is 62.6 Å². The molecule has 0 bridgehead atoms. The number of aryl methyl sites for hydroxylation is 1. The summed E-state index contributed by atoms with van der Waals surface area (Å²) >= 11 is 0. The zero-order valence-electron chi connectivity index (χ0n) is 11.0. The molecule has 0 radical (unpaired) electrons. The number of carbonyl (C=O) groups is 1. The van der Waals surface area contributed by atoms with Crippen molar-refractivity contribution in [2.75, 3.05) is 0 Å². The maximum absolute atomic E-state index is 13.0. The van der Waals surface area contributed by atoms with Gasteiger partial charge in [0.05, 0.1) is 6.42 Å². The van der Waals surface area contributed by atoms with Gasteiger partial charge in [0.25, 0.3) is 0 Å². The highest BCUT2D eigenvalue weighted by Crippen LogP contribution is 2.16. The van der Waals surface area contributed by atoms with E-state index in [0.717, 1.165) is 6.07 Å². The summed E-state index contributed by atoms with van der Waals surface area (Å²) in [5.74, 6) is -1.17. The molecule has 0 aliphatic carbocycles. The first-order valence-corrected chi connectivity index (χ1v) is 6.23. The van der Waals surface area contributed by atoms with E-state index in [2.05, 4.69) is 0 Å². The van der Waals surface area contributed by atoms with Gasteiger partial charge in [-0.2, -0.15) is 0 Å². The molecule has 21 heavy (non-hydrogen) atoms. The Kier molecular flexibility index (Phi) is 4.71. The molecule has 1 N–H and O–H groups in total. The molecule has 2 aromatic rings. The Labute approximate surface area is 119 Å². The summed E-state index contributed by atoms with van der Waals surface area (Å²) in [5.41, 5.74) is 9.68. The average Bonchev–Trinajstić information content (AvgIpc) is 2.48. The summed E-state index contributed by atoms with van der Waals surface area (Å²) < 4.78 is 30.7. The summed E-state index contributed by atoms with van der Waals surface area (Å²) in [5, 5.41) is 1.88. The van der Waals surface area contributed by atoms with Crippen molar-refractivity contribution in [3.05, 3.63) is 65.2 Å². The Morgan fingerprint density at radius 1 is 1.10 bits per heavy atom. The van der Waals surface area contributed by atoms with Crippen LogP contribution in [0.2, 0.25) is 0 Å². The van der Waals surface area contributed by atoms with E-state index in [1.54, 1.807) is 0 Å². The van der Waals surface area contributed by atoms with Gasteiger partial charge in [0, 0.05) is 11.6 Å². The summed E-state index contributed by atoms with van der Waals surface area (Å²) in [4.78, 5) is 11.7. The van der Waals surface area contributed by atoms with Crippen LogP contribution in [0, 0.1) is 11.6 Å². The fourth-order valence-corrected chi connectivity index (χ4v) is 1.79. The molecule has 0 heterocycles. The highest BCUT2D eigenvalue weighted by Gasteiger charge is 2.11. The summed E-state index contributed by atoms with van der Waals surface area (Å²) in [6.45, 7) is 0. The zero-order chi connectivity index (χ0) is 15.2. The minimum absolute atomic E-state index is 0.0394. The number of rotatable bonds is 5. The molecule has 0 aromatic heterocycles.